The highest BCUT2D eigenvalue weighted by Crippen LogP contribution is 2.27. The zero-order valence-corrected chi connectivity index (χ0v) is 15.6. The third kappa shape index (κ3) is 5.72. The molecule has 0 saturated carbocycles. The quantitative estimate of drug-likeness (QED) is 0.537. The molecule has 0 saturated heterocycles. The predicted molar refractivity (Wildman–Crippen MR) is 101 cm³/mol. The molecule has 0 heterocycles. The number of esters is 1. The molecule has 7 heteroatoms. The Morgan fingerprint density at radius 3 is 2.41 bits per heavy atom. The second kappa shape index (κ2) is 10.2. The summed E-state index contributed by atoms with van der Waals surface area (Å²) in [6.45, 7) is 2.95. The van der Waals surface area contributed by atoms with Gasteiger partial charge >= 0.3 is 5.97 Å². The summed E-state index contributed by atoms with van der Waals surface area (Å²) in [5.74, 6) is 0.178. The summed E-state index contributed by atoms with van der Waals surface area (Å²) in [6.07, 6.45) is 0. The summed E-state index contributed by atoms with van der Waals surface area (Å²) in [7, 11) is 3.02. The first-order chi connectivity index (χ1) is 13.1. The van der Waals surface area contributed by atoms with E-state index in [2.05, 4.69) is 5.32 Å². The van der Waals surface area contributed by atoms with Crippen molar-refractivity contribution in [2.24, 2.45) is 0 Å². The second-order valence-electron chi connectivity index (χ2n) is 5.44. The molecule has 0 aliphatic heterocycles. The predicted octanol–water partition coefficient (Wildman–Crippen LogP) is 3.15. The van der Waals surface area contributed by atoms with Gasteiger partial charge in [0.2, 0.25) is 0 Å². The van der Waals surface area contributed by atoms with Crippen LogP contribution in [0.4, 0.5) is 5.69 Å². The lowest BCUT2D eigenvalue weighted by molar-refractivity contribution is 0.0335. The highest BCUT2D eigenvalue weighted by atomic mass is 16.6. The van der Waals surface area contributed by atoms with Crippen molar-refractivity contribution in [2.45, 2.75) is 6.92 Å². The molecule has 2 rings (SSSR count). The van der Waals surface area contributed by atoms with Gasteiger partial charge in [0.15, 0.2) is 11.5 Å². The summed E-state index contributed by atoms with van der Waals surface area (Å²) >= 11 is 0. The fourth-order valence-electron chi connectivity index (χ4n) is 2.33. The van der Waals surface area contributed by atoms with Gasteiger partial charge in [-0.05, 0) is 43.3 Å². The molecule has 0 radical (unpaired) electrons. The number of hydrogen-bond acceptors (Lipinski definition) is 6. The zero-order valence-electron chi connectivity index (χ0n) is 15.6. The van der Waals surface area contributed by atoms with Crippen LogP contribution in [0.2, 0.25) is 0 Å². The minimum Gasteiger partial charge on any atom is -0.493 e. The van der Waals surface area contributed by atoms with E-state index in [0.717, 1.165) is 0 Å². The lowest BCUT2D eigenvalue weighted by atomic mass is 10.1. The van der Waals surface area contributed by atoms with Gasteiger partial charge in [-0.1, -0.05) is 6.07 Å². The number of methoxy groups -OCH3 is 2. The van der Waals surface area contributed by atoms with Gasteiger partial charge < -0.3 is 24.3 Å². The average Bonchev–Trinajstić information content (AvgIpc) is 2.70. The lowest BCUT2D eigenvalue weighted by Gasteiger charge is -2.11. The van der Waals surface area contributed by atoms with Crippen molar-refractivity contribution in [3.8, 4) is 11.5 Å². The number of amides is 1. The molecule has 0 aliphatic rings. The molecule has 27 heavy (non-hydrogen) atoms. The number of nitrogens with one attached hydrogen (secondary N) is 1. The Labute approximate surface area is 158 Å². The molecule has 2 aromatic carbocycles. The molecule has 7 nitrogen and oxygen atoms in total. The van der Waals surface area contributed by atoms with Crippen molar-refractivity contribution in [2.75, 3.05) is 39.4 Å². The van der Waals surface area contributed by atoms with Crippen LogP contribution in [-0.2, 0) is 9.47 Å². The highest BCUT2D eigenvalue weighted by molar-refractivity contribution is 6.05. The van der Waals surface area contributed by atoms with Gasteiger partial charge in [0.1, 0.15) is 6.61 Å². The Kier molecular flexibility index (Phi) is 7.63. The molecule has 1 N–H and O–H groups in total. The van der Waals surface area contributed by atoms with Crippen LogP contribution in [0.1, 0.15) is 27.6 Å². The van der Waals surface area contributed by atoms with Crippen molar-refractivity contribution in [1.82, 2.24) is 0 Å². The molecule has 1 amide bonds. The first-order valence-electron chi connectivity index (χ1n) is 8.47. The van der Waals surface area contributed by atoms with Crippen LogP contribution in [0.3, 0.4) is 0 Å². The Bertz CT molecular complexity index is 790. The van der Waals surface area contributed by atoms with Crippen LogP contribution in [-0.4, -0.2) is 45.9 Å². The maximum Gasteiger partial charge on any atom is 0.338 e. The third-order valence-corrected chi connectivity index (χ3v) is 3.67. The summed E-state index contributed by atoms with van der Waals surface area (Å²) in [4.78, 5) is 24.5. The normalized spacial score (nSPS) is 10.2. The number of carbonyl (C=O) groups is 2. The Morgan fingerprint density at radius 2 is 1.70 bits per heavy atom. The van der Waals surface area contributed by atoms with Gasteiger partial charge in [-0.15, -0.1) is 0 Å². The van der Waals surface area contributed by atoms with Crippen LogP contribution in [0.15, 0.2) is 42.5 Å². The minimum absolute atomic E-state index is 0.175. The van der Waals surface area contributed by atoms with E-state index in [0.29, 0.717) is 41.5 Å². The first kappa shape index (κ1) is 20.3. The molecule has 2 aromatic rings. The minimum atomic E-state index is -0.475. The number of rotatable bonds is 9. The Balaban J connectivity index is 2.05. The van der Waals surface area contributed by atoms with Gasteiger partial charge in [0.05, 0.1) is 26.4 Å². The first-order valence-corrected chi connectivity index (χ1v) is 8.47. The molecule has 0 spiro atoms. The second-order valence-corrected chi connectivity index (χ2v) is 5.44. The van der Waals surface area contributed by atoms with Crippen LogP contribution >= 0.6 is 0 Å². The van der Waals surface area contributed by atoms with E-state index in [1.165, 1.54) is 14.2 Å². The van der Waals surface area contributed by atoms with E-state index in [-0.39, 0.29) is 12.5 Å². The van der Waals surface area contributed by atoms with E-state index in [4.69, 9.17) is 18.9 Å². The maximum atomic E-state index is 12.5. The number of hydrogen-bond donors (Lipinski definition) is 1. The molecular weight excluding hydrogens is 350 g/mol. The van der Waals surface area contributed by atoms with Crippen molar-refractivity contribution >= 4 is 17.6 Å². The molecule has 0 unspecified atom stereocenters. The van der Waals surface area contributed by atoms with Gasteiger partial charge in [-0.2, -0.15) is 0 Å². The standard InChI is InChI=1S/C20H23NO6/c1-4-26-10-11-27-20(23)15-6-5-7-16(12-15)21-19(22)14-8-9-17(24-2)18(13-14)25-3/h5-9,12-13H,4,10-11H2,1-3H3,(H,21,22). The Morgan fingerprint density at radius 1 is 0.926 bits per heavy atom. The lowest BCUT2D eigenvalue weighted by Crippen LogP contribution is -2.14. The smallest absolute Gasteiger partial charge is 0.338 e. The van der Waals surface area contributed by atoms with Crippen molar-refractivity contribution in [3.63, 3.8) is 0 Å². The van der Waals surface area contributed by atoms with E-state index < -0.39 is 5.97 Å². The fourth-order valence-corrected chi connectivity index (χ4v) is 2.33. The maximum absolute atomic E-state index is 12.5. The molecule has 144 valence electrons. The topological polar surface area (TPSA) is 83.1 Å². The van der Waals surface area contributed by atoms with Crippen molar-refractivity contribution in [1.29, 1.82) is 0 Å². The van der Waals surface area contributed by atoms with Crippen LogP contribution in [0.5, 0.6) is 11.5 Å². The summed E-state index contributed by atoms with van der Waals surface area (Å²) in [5, 5.41) is 2.75. The number of anilines is 1. The monoisotopic (exact) mass is 373 g/mol. The molecular formula is C20H23NO6. The molecule has 0 atom stereocenters. The number of ether oxygens (including phenoxy) is 4. The summed E-state index contributed by atoms with van der Waals surface area (Å²) < 4.78 is 20.6. The number of benzene rings is 2. The van der Waals surface area contributed by atoms with Gasteiger partial charge in [0.25, 0.3) is 5.91 Å². The number of carbonyl (C=O) groups excluding carboxylic acids is 2. The van der Waals surface area contributed by atoms with Gasteiger partial charge in [-0.25, -0.2) is 4.79 Å². The molecule has 0 bridgehead atoms. The molecule has 0 aromatic heterocycles. The molecule has 0 fully saturated rings. The average molecular weight is 373 g/mol. The van der Waals surface area contributed by atoms with Crippen molar-refractivity contribution in [3.05, 3.63) is 53.6 Å². The summed E-state index contributed by atoms with van der Waals surface area (Å²) in [5.41, 5.74) is 1.22. The van der Waals surface area contributed by atoms with Gasteiger partial charge in [-0.3, -0.25) is 4.79 Å². The van der Waals surface area contributed by atoms with Crippen LogP contribution in [0.25, 0.3) is 0 Å². The Hall–Kier alpha value is -3.06. The largest absolute Gasteiger partial charge is 0.493 e. The van der Waals surface area contributed by atoms with E-state index in [9.17, 15) is 9.59 Å². The highest BCUT2D eigenvalue weighted by Gasteiger charge is 2.13. The van der Waals surface area contributed by atoms with E-state index in [1.54, 1.807) is 42.5 Å². The van der Waals surface area contributed by atoms with Gasteiger partial charge in [0, 0.05) is 17.9 Å². The van der Waals surface area contributed by atoms with Crippen LogP contribution in [0, 0.1) is 0 Å². The fraction of sp³-hybridized carbons (Fsp3) is 0.300. The van der Waals surface area contributed by atoms with E-state index in [1.807, 2.05) is 6.92 Å². The van der Waals surface area contributed by atoms with Crippen LogP contribution < -0.4 is 14.8 Å². The SMILES string of the molecule is CCOCCOC(=O)c1cccc(NC(=O)c2ccc(OC)c(OC)c2)c1. The summed E-state index contributed by atoms with van der Waals surface area (Å²) in [6, 6.07) is 11.4. The van der Waals surface area contributed by atoms with Crippen molar-refractivity contribution < 1.29 is 28.5 Å². The molecule has 0 aliphatic carbocycles. The third-order valence-electron chi connectivity index (χ3n) is 3.67. The van der Waals surface area contributed by atoms with E-state index >= 15 is 0 Å². The zero-order chi connectivity index (χ0) is 19.6.